The van der Waals surface area contributed by atoms with Crippen molar-refractivity contribution in [2.45, 2.75) is 20.0 Å². The lowest BCUT2D eigenvalue weighted by molar-refractivity contribution is -0.121. The van der Waals surface area contributed by atoms with Crippen molar-refractivity contribution >= 4 is 16.9 Å². The molecule has 2 aromatic heterocycles. The number of rotatable bonds is 4. The molecule has 5 nitrogen and oxygen atoms in total. The molecule has 0 aliphatic carbocycles. The van der Waals surface area contributed by atoms with Crippen LogP contribution in [0, 0.1) is 5.92 Å². The second kappa shape index (κ2) is 4.55. The summed E-state index contributed by atoms with van der Waals surface area (Å²) < 4.78 is 1.94. The molecule has 90 valence electrons. The van der Waals surface area contributed by atoms with Crippen LogP contribution in [0.25, 0.3) is 11.0 Å². The number of carbonyl (C=O) groups excluding carboxylic acids is 1. The largest absolute Gasteiger partial charge is 0.369 e. The summed E-state index contributed by atoms with van der Waals surface area (Å²) in [6, 6.07) is 3.86. The minimum Gasteiger partial charge on any atom is -0.369 e. The number of nitrogens with zero attached hydrogens (tertiary/aromatic N) is 2. The Morgan fingerprint density at radius 2 is 2.35 bits per heavy atom. The summed E-state index contributed by atoms with van der Waals surface area (Å²) in [5, 5.41) is 1.03. The summed E-state index contributed by atoms with van der Waals surface area (Å²) in [7, 11) is 0. The lowest BCUT2D eigenvalue weighted by Crippen LogP contribution is -2.24. The fourth-order valence-electron chi connectivity index (χ4n) is 1.88. The maximum atomic E-state index is 11.1. The summed E-state index contributed by atoms with van der Waals surface area (Å²) in [5.41, 5.74) is 12.8. The summed E-state index contributed by atoms with van der Waals surface area (Å²) in [4.78, 5) is 15.4. The van der Waals surface area contributed by atoms with Gasteiger partial charge < -0.3 is 16.0 Å². The number of carbonyl (C=O) groups is 1. The summed E-state index contributed by atoms with van der Waals surface area (Å²) in [5.74, 6) is -0.532. The molecule has 0 fully saturated rings. The highest BCUT2D eigenvalue weighted by atomic mass is 16.1. The lowest BCUT2D eigenvalue weighted by Gasteiger charge is -2.08. The lowest BCUT2D eigenvalue weighted by atomic mass is 10.2. The Kier molecular flexibility index (Phi) is 3.10. The number of aromatic nitrogens is 2. The van der Waals surface area contributed by atoms with Gasteiger partial charge >= 0.3 is 0 Å². The third-order valence-electron chi connectivity index (χ3n) is 2.89. The van der Waals surface area contributed by atoms with Gasteiger partial charge in [0.15, 0.2) is 0 Å². The van der Waals surface area contributed by atoms with Crippen LogP contribution in [0.3, 0.4) is 0 Å². The number of primary amides is 1. The predicted octanol–water partition coefficient (Wildman–Crippen LogP) is 0.616. The van der Waals surface area contributed by atoms with E-state index in [9.17, 15) is 4.79 Å². The smallest absolute Gasteiger partial charge is 0.222 e. The van der Waals surface area contributed by atoms with Crippen LogP contribution in [0.5, 0.6) is 0 Å². The van der Waals surface area contributed by atoms with E-state index in [1.165, 1.54) is 0 Å². The molecule has 2 rings (SSSR count). The van der Waals surface area contributed by atoms with E-state index in [1.807, 2.05) is 22.9 Å². The molecule has 0 aromatic carbocycles. The molecule has 0 bridgehead atoms. The zero-order valence-electron chi connectivity index (χ0n) is 9.76. The standard InChI is InChI=1S/C12H16N4O/c1-8(11(14)17)6-16-7-9(5-13)10-3-2-4-15-12(10)16/h2-4,7-8H,5-6,13H2,1H3,(H2,14,17). The summed E-state index contributed by atoms with van der Waals surface area (Å²) >= 11 is 0. The van der Waals surface area contributed by atoms with Crippen LogP contribution in [0.4, 0.5) is 0 Å². The molecule has 1 atom stereocenters. The number of hydrogen-bond acceptors (Lipinski definition) is 3. The molecule has 0 radical (unpaired) electrons. The summed E-state index contributed by atoms with van der Waals surface area (Å²) in [6.45, 7) is 2.79. The van der Waals surface area contributed by atoms with Crippen molar-refractivity contribution in [2.24, 2.45) is 17.4 Å². The number of nitrogens with two attached hydrogens (primary N) is 2. The highest BCUT2D eigenvalue weighted by Gasteiger charge is 2.13. The van der Waals surface area contributed by atoms with Gasteiger partial charge in [0.25, 0.3) is 0 Å². The first-order valence-corrected chi connectivity index (χ1v) is 5.55. The Hall–Kier alpha value is -1.88. The topological polar surface area (TPSA) is 86.9 Å². The Balaban J connectivity index is 2.44. The zero-order valence-corrected chi connectivity index (χ0v) is 9.76. The van der Waals surface area contributed by atoms with E-state index >= 15 is 0 Å². The average molecular weight is 232 g/mol. The molecule has 0 aliphatic rings. The van der Waals surface area contributed by atoms with Crippen molar-refractivity contribution in [3.05, 3.63) is 30.1 Å². The third kappa shape index (κ3) is 2.14. The van der Waals surface area contributed by atoms with E-state index in [-0.39, 0.29) is 11.8 Å². The maximum absolute atomic E-state index is 11.1. The van der Waals surface area contributed by atoms with Crippen LogP contribution in [0.1, 0.15) is 12.5 Å². The van der Waals surface area contributed by atoms with Crippen molar-refractivity contribution < 1.29 is 4.79 Å². The SMILES string of the molecule is CC(Cn1cc(CN)c2cccnc21)C(N)=O. The van der Waals surface area contributed by atoms with Gasteiger partial charge in [-0.25, -0.2) is 4.98 Å². The number of hydrogen-bond donors (Lipinski definition) is 2. The van der Waals surface area contributed by atoms with E-state index in [4.69, 9.17) is 11.5 Å². The molecule has 0 aliphatic heterocycles. The molecule has 1 amide bonds. The van der Waals surface area contributed by atoms with Crippen LogP contribution < -0.4 is 11.5 Å². The van der Waals surface area contributed by atoms with Gasteiger partial charge in [-0.3, -0.25) is 4.79 Å². The Morgan fingerprint density at radius 3 is 3.00 bits per heavy atom. The van der Waals surface area contributed by atoms with Crippen molar-refractivity contribution in [3.63, 3.8) is 0 Å². The van der Waals surface area contributed by atoms with Crippen molar-refractivity contribution in [1.82, 2.24) is 9.55 Å². The monoisotopic (exact) mass is 232 g/mol. The van der Waals surface area contributed by atoms with E-state index in [1.54, 1.807) is 13.1 Å². The minimum atomic E-state index is -0.308. The van der Waals surface area contributed by atoms with Gasteiger partial charge in [0.1, 0.15) is 5.65 Å². The average Bonchev–Trinajstić information content (AvgIpc) is 2.68. The van der Waals surface area contributed by atoms with Gasteiger partial charge in [0.05, 0.1) is 5.92 Å². The predicted molar refractivity (Wildman–Crippen MR) is 66.0 cm³/mol. The summed E-state index contributed by atoms with van der Waals surface area (Å²) in [6.07, 6.45) is 3.67. The van der Waals surface area contributed by atoms with Crippen molar-refractivity contribution in [1.29, 1.82) is 0 Å². The van der Waals surface area contributed by atoms with Crippen LogP contribution in [0.15, 0.2) is 24.5 Å². The number of pyridine rings is 1. The normalized spacial score (nSPS) is 12.8. The Bertz CT molecular complexity index is 546. The second-order valence-corrected chi connectivity index (χ2v) is 4.19. The zero-order chi connectivity index (χ0) is 12.4. The van der Waals surface area contributed by atoms with Crippen LogP contribution in [-0.2, 0) is 17.9 Å². The third-order valence-corrected chi connectivity index (χ3v) is 2.89. The van der Waals surface area contributed by atoms with E-state index < -0.39 is 0 Å². The molecule has 0 spiro atoms. The fourth-order valence-corrected chi connectivity index (χ4v) is 1.88. The van der Waals surface area contributed by atoms with E-state index in [0.29, 0.717) is 13.1 Å². The molecule has 0 saturated heterocycles. The van der Waals surface area contributed by atoms with Crippen LogP contribution >= 0.6 is 0 Å². The fraction of sp³-hybridized carbons (Fsp3) is 0.333. The van der Waals surface area contributed by atoms with Gasteiger partial charge in [-0.05, 0) is 17.7 Å². The van der Waals surface area contributed by atoms with Crippen molar-refractivity contribution in [2.75, 3.05) is 0 Å². The molecule has 2 heterocycles. The number of fused-ring (bicyclic) bond motifs is 1. The molecular weight excluding hydrogens is 216 g/mol. The first kappa shape index (κ1) is 11.6. The second-order valence-electron chi connectivity index (χ2n) is 4.19. The van der Waals surface area contributed by atoms with Crippen LogP contribution in [0.2, 0.25) is 0 Å². The van der Waals surface area contributed by atoms with E-state index in [0.717, 1.165) is 16.6 Å². The highest BCUT2D eigenvalue weighted by molar-refractivity contribution is 5.81. The molecule has 17 heavy (non-hydrogen) atoms. The Morgan fingerprint density at radius 1 is 1.59 bits per heavy atom. The molecule has 4 N–H and O–H groups in total. The van der Waals surface area contributed by atoms with Gasteiger partial charge in [-0.2, -0.15) is 0 Å². The molecular formula is C12H16N4O. The maximum Gasteiger partial charge on any atom is 0.222 e. The molecule has 0 saturated carbocycles. The van der Waals surface area contributed by atoms with E-state index in [2.05, 4.69) is 4.98 Å². The first-order chi connectivity index (χ1) is 8.13. The van der Waals surface area contributed by atoms with Gasteiger partial charge in [-0.15, -0.1) is 0 Å². The van der Waals surface area contributed by atoms with Gasteiger partial charge in [0.2, 0.25) is 5.91 Å². The van der Waals surface area contributed by atoms with Gasteiger partial charge in [-0.1, -0.05) is 6.92 Å². The molecule has 2 aromatic rings. The molecule has 1 unspecified atom stereocenters. The quantitative estimate of drug-likeness (QED) is 0.810. The molecule has 5 heteroatoms. The minimum absolute atomic E-state index is 0.224. The van der Waals surface area contributed by atoms with Crippen molar-refractivity contribution in [3.8, 4) is 0 Å². The van der Waals surface area contributed by atoms with Crippen LogP contribution in [-0.4, -0.2) is 15.5 Å². The first-order valence-electron chi connectivity index (χ1n) is 5.55. The Labute approximate surface area is 99.4 Å². The highest BCUT2D eigenvalue weighted by Crippen LogP contribution is 2.19. The van der Waals surface area contributed by atoms with Gasteiger partial charge in [0, 0.05) is 30.9 Å². The number of amides is 1.